The zero-order valence-corrected chi connectivity index (χ0v) is 15.2. The van der Waals surface area contributed by atoms with Crippen molar-refractivity contribution in [2.24, 2.45) is 4.99 Å². The Kier molecular flexibility index (Phi) is 6.25. The lowest BCUT2D eigenvalue weighted by molar-refractivity contribution is 0.0992. The SMILES string of the molecule is CN=C(NCc1ccnc(OC)c1)NC1CC2CCC1O2.I. The zero-order chi connectivity index (χ0) is 14.7. The van der Waals surface area contributed by atoms with Gasteiger partial charge in [-0.1, -0.05) is 0 Å². The van der Waals surface area contributed by atoms with Crippen LogP contribution in [-0.4, -0.2) is 43.4 Å². The third-order valence-corrected chi connectivity index (χ3v) is 4.12. The average Bonchev–Trinajstić information content (AvgIpc) is 3.14. The van der Waals surface area contributed by atoms with Crippen LogP contribution >= 0.6 is 24.0 Å². The highest BCUT2D eigenvalue weighted by atomic mass is 127. The lowest BCUT2D eigenvalue weighted by Gasteiger charge is -2.22. The average molecular weight is 418 g/mol. The number of hydrogen-bond acceptors (Lipinski definition) is 4. The fourth-order valence-corrected chi connectivity index (χ4v) is 3.02. The van der Waals surface area contributed by atoms with Crippen molar-refractivity contribution in [3.63, 3.8) is 0 Å². The van der Waals surface area contributed by atoms with Gasteiger partial charge in [0.1, 0.15) is 0 Å². The van der Waals surface area contributed by atoms with Gasteiger partial charge in [-0.2, -0.15) is 0 Å². The standard InChI is InChI=1S/C15H22N4O2.HI/c1-16-15(19-12-8-11-3-4-13(12)21-11)18-9-10-5-6-17-14(7-10)20-2;/h5-7,11-13H,3-4,8-9H2,1-2H3,(H2,16,18,19);1H. The maximum atomic E-state index is 5.85. The van der Waals surface area contributed by atoms with Crippen molar-refractivity contribution in [2.45, 2.75) is 44.1 Å². The number of fused-ring (bicyclic) bond motifs is 2. The second-order valence-electron chi connectivity index (χ2n) is 5.49. The highest BCUT2D eigenvalue weighted by Crippen LogP contribution is 2.34. The van der Waals surface area contributed by atoms with Crippen LogP contribution in [0.15, 0.2) is 23.3 Å². The molecule has 3 rings (SSSR count). The van der Waals surface area contributed by atoms with Gasteiger partial charge in [0.25, 0.3) is 0 Å². The van der Waals surface area contributed by atoms with Gasteiger partial charge in [-0.15, -0.1) is 24.0 Å². The molecule has 6 nitrogen and oxygen atoms in total. The molecule has 1 aromatic rings. The van der Waals surface area contributed by atoms with Crippen LogP contribution in [0.25, 0.3) is 0 Å². The number of pyridine rings is 1. The summed E-state index contributed by atoms with van der Waals surface area (Å²) in [5.41, 5.74) is 1.11. The summed E-state index contributed by atoms with van der Waals surface area (Å²) in [7, 11) is 3.41. The van der Waals surface area contributed by atoms with Crippen molar-refractivity contribution in [3.05, 3.63) is 23.9 Å². The first kappa shape index (κ1) is 17.3. The van der Waals surface area contributed by atoms with Gasteiger partial charge in [-0.3, -0.25) is 4.99 Å². The van der Waals surface area contributed by atoms with Crippen LogP contribution < -0.4 is 15.4 Å². The van der Waals surface area contributed by atoms with Gasteiger partial charge in [0, 0.05) is 25.9 Å². The summed E-state index contributed by atoms with van der Waals surface area (Å²) in [6, 6.07) is 4.26. The van der Waals surface area contributed by atoms with Gasteiger partial charge >= 0.3 is 0 Å². The summed E-state index contributed by atoms with van der Waals surface area (Å²) in [5, 5.41) is 6.79. The van der Waals surface area contributed by atoms with E-state index in [1.54, 1.807) is 20.4 Å². The fourth-order valence-electron chi connectivity index (χ4n) is 3.02. The molecule has 7 heteroatoms. The second-order valence-corrected chi connectivity index (χ2v) is 5.49. The van der Waals surface area contributed by atoms with Crippen molar-refractivity contribution in [2.75, 3.05) is 14.2 Å². The number of aromatic nitrogens is 1. The molecule has 2 N–H and O–H groups in total. The molecule has 3 heterocycles. The molecule has 0 aliphatic carbocycles. The van der Waals surface area contributed by atoms with Crippen LogP contribution in [0.1, 0.15) is 24.8 Å². The largest absolute Gasteiger partial charge is 0.481 e. The van der Waals surface area contributed by atoms with Gasteiger partial charge < -0.3 is 20.1 Å². The van der Waals surface area contributed by atoms with Crippen LogP contribution in [0.3, 0.4) is 0 Å². The van der Waals surface area contributed by atoms with E-state index >= 15 is 0 Å². The Morgan fingerprint density at radius 3 is 3.00 bits per heavy atom. The number of methoxy groups -OCH3 is 1. The van der Waals surface area contributed by atoms with Crippen LogP contribution in [0.4, 0.5) is 0 Å². The Bertz CT molecular complexity index is 526. The summed E-state index contributed by atoms with van der Waals surface area (Å²) >= 11 is 0. The maximum Gasteiger partial charge on any atom is 0.213 e. The number of hydrogen-bond donors (Lipinski definition) is 2. The van der Waals surface area contributed by atoms with Crippen LogP contribution in [0, 0.1) is 0 Å². The maximum absolute atomic E-state index is 5.85. The predicted molar refractivity (Wildman–Crippen MR) is 95.8 cm³/mol. The number of aliphatic imine (C=N–C) groups is 1. The fraction of sp³-hybridized carbons (Fsp3) is 0.600. The Labute approximate surface area is 148 Å². The van der Waals surface area contributed by atoms with Gasteiger partial charge in [0.2, 0.25) is 5.88 Å². The Morgan fingerprint density at radius 1 is 1.50 bits per heavy atom. The topological polar surface area (TPSA) is 67.8 Å². The minimum absolute atomic E-state index is 0. The normalized spacial score (nSPS) is 26.5. The first-order valence-corrected chi connectivity index (χ1v) is 7.40. The molecule has 1 aromatic heterocycles. The first-order valence-electron chi connectivity index (χ1n) is 7.40. The Morgan fingerprint density at radius 2 is 2.36 bits per heavy atom. The molecule has 3 atom stereocenters. The van der Waals surface area contributed by atoms with Crippen LogP contribution in [-0.2, 0) is 11.3 Å². The summed E-state index contributed by atoms with van der Waals surface area (Å²) in [5.74, 6) is 1.44. The van der Waals surface area contributed by atoms with E-state index < -0.39 is 0 Å². The van der Waals surface area contributed by atoms with E-state index in [4.69, 9.17) is 9.47 Å². The van der Waals surface area contributed by atoms with Crippen LogP contribution in [0.2, 0.25) is 0 Å². The van der Waals surface area contributed by atoms with Crippen molar-refractivity contribution in [3.8, 4) is 5.88 Å². The summed E-state index contributed by atoms with van der Waals surface area (Å²) in [4.78, 5) is 8.39. The molecule has 0 spiro atoms. The third kappa shape index (κ3) is 4.01. The highest BCUT2D eigenvalue weighted by molar-refractivity contribution is 14.0. The molecule has 2 fully saturated rings. The van der Waals surface area contributed by atoms with Gasteiger partial charge in [0.15, 0.2) is 5.96 Å². The van der Waals surface area contributed by atoms with Crippen molar-refractivity contribution < 1.29 is 9.47 Å². The van der Waals surface area contributed by atoms with E-state index in [1.165, 1.54) is 6.42 Å². The minimum Gasteiger partial charge on any atom is -0.481 e. The molecule has 0 radical (unpaired) electrons. The van der Waals surface area contributed by atoms with Crippen molar-refractivity contribution in [1.82, 2.24) is 15.6 Å². The van der Waals surface area contributed by atoms with E-state index in [0.29, 0.717) is 30.7 Å². The molecular weight excluding hydrogens is 395 g/mol. The number of nitrogens with one attached hydrogen (secondary N) is 2. The van der Waals surface area contributed by atoms with Gasteiger partial charge in [-0.25, -0.2) is 4.98 Å². The zero-order valence-electron chi connectivity index (χ0n) is 12.9. The number of rotatable bonds is 4. The van der Waals surface area contributed by atoms with Gasteiger partial charge in [0.05, 0.1) is 25.4 Å². The highest BCUT2D eigenvalue weighted by Gasteiger charge is 2.41. The lowest BCUT2D eigenvalue weighted by atomic mass is 9.96. The summed E-state index contributed by atoms with van der Waals surface area (Å²) in [6.45, 7) is 0.681. The smallest absolute Gasteiger partial charge is 0.213 e. The summed E-state index contributed by atoms with van der Waals surface area (Å²) < 4.78 is 11.0. The van der Waals surface area contributed by atoms with Crippen molar-refractivity contribution in [1.29, 1.82) is 0 Å². The first-order chi connectivity index (χ1) is 10.3. The number of guanidine groups is 1. The molecule has 3 unspecified atom stereocenters. The van der Waals surface area contributed by atoms with E-state index in [1.807, 2.05) is 12.1 Å². The monoisotopic (exact) mass is 418 g/mol. The van der Waals surface area contributed by atoms with E-state index in [9.17, 15) is 0 Å². The molecule has 22 heavy (non-hydrogen) atoms. The third-order valence-electron chi connectivity index (χ3n) is 4.12. The Balaban J connectivity index is 0.00000176. The molecule has 0 saturated carbocycles. The number of nitrogens with zero attached hydrogens (tertiary/aromatic N) is 2. The van der Waals surface area contributed by atoms with E-state index in [0.717, 1.165) is 24.4 Å². The molecule has 122 valence electrons. The molecule has 0 aromatic carbocycles. The second kappa shape index (κ2) is 7.96. The lowest BCUT2D eigenvalue weighted by Crippen LogP contribution is -2.47. The van der Waals surface area contributed by atoms with Crippen LogP contribution in [0.5, 0.6) is 5.88 Å². The molecular formula is C15H23IN4O2. The van der Waals surface area contributed by atoms with Gasteiger partial charge in [-0.05, 0) is 30.9 Å². The quantitative estimate of drug-likeness (QED) is 0.443. The Hall–Kier alpha value is -1.09. The van der Waals surface area contributed by atoms with Crippen molar-refractivity contribution >= 4 is 29.9 Å². The van der Waals surface area contributed by atoms with E-state index in [2.05, 4.69) is 20.6 Å². The molecule has 2 aliphatic rings. The summed E-state index contributed by atoms with van der Waals surface area (Å²) in [6.07, 6.45) is 5.96. The van der Waals surface area contributed by atoms with E-state index in [-0.39, 0.29) is 24.0 Å². The number of ether oxygens (including phenoxy) is 2. The molecule has 2 aliphatic heterocycles. The molecule has 2 saturated heterocycles. The number of halogens is 1. The predicted octanol–water partition coefficient (Wildman–Crippen LogP) is 1.69. The molecule has 2 bridgehead atoms. The molecule has 0 amide bonds. The minimum atomic E-state index is 0.